The zero-order valence-electron chi connectivity index (χ0n) is 24.2. The summed E-state index contributed by atoms with van der Waals surface area (Å²) in [5.74, 6) is -0.0291. The average molecular weight is 492 g/mol. The van der Waals surface area contributed by atoms with Gasteiger partial charge in [-0.3, -0.25) is 4.79 Å². The number of rotatable bonds is 10. The van der Waals surface area contributed by atoms with Crippen LogP contribution in [0.25, 0.3) is 5.57 Å². The molecular formula is C33H49NO2. The van der Waals surface area contributed by atoms with E-state index in [1.165, 1.54) is 23.6 Å². The molecule has 2 rings (SSSR count). The van der Waals surface area contributed by atoms with Gasteiger partial charge in [-0.25, -0.2) is 0 Å². The van der Waals surface area contributed by atoms with Crippen molar-refractivity contribution in [2.24, 2.45) is 11.8 Å². The third kappa shape index (κ3) is 13.8. The van der Waals surface area contributed by atoms with E-state index in [1.807, 2.05) is 32.9 Å². The summed E-state index contributed by atoms with van der Waals surface area (Å²) in [4.78, 5) is 23.9. The first kappa shape index (κ1) is 33.1. The van der Waals surface area contributed by atoms with E-state index in [0.717, 1.165) is 24.0 Å². The zero-order valence-corrected chi connectivity index (χ0v) is 24.2. The predicted molar refractivity (Wildman–Crippen MR) is 157 cm³/mol. The first-order valence-corrected chi connectivity index (χ1v) is 13.4. The molecule has 0 aromatic heterocycles. The lowest BCUT2D eigenvalue weighted by Crippen LogP contribution is -2.31. The lowest BCUT2D eigenvalue weighted by atomic mass is 9.92. The molecule has 1 N–H and O–H groups in total. The van der Waals surface area contributed by atoms with Gasteiger partial charge in [0, 0.05) is 18.0 Å². The molecule has 0 aliphatic rings. The molecule has 0 fully saturated rings. The number of ketones is 1. The van der Waals surface area contributed by atoms with Gasteiger partial charge in [-0.15, -0.1) is 0 Å². The minimum absolute atomic E-state index is 0.0366. The summed E-state index contributed by atoms with van der Waals surface area (Å²) in [6.45, 7) is 22.0. The summed E-state index contributed by atoms with van der Waals surface area (Å²) in [5, 5.41) is 2.86. The number of Topliss-reactive ketones (excluding diaryl/α,β-unsaturated/α-hetero) is 1. The van der Waals surface area contributed by atoms with Crippen molar-refractivity contribution in [3.63, 3.8) is 0 Å². The average Bonchev–Trinajstić information content (AvgIpc) is 2.85. The summed E-state index contributed by atoms with van der Waals surface area (Å²) in [7, 11) is 0. The zero-order chi connectivity index (χ0) is 27.7. The number of nitrogens with one attached hydrogen (secondary N) is 1. The highest BCUT2D eigenvalue weighted by atomic mass is 16.2. The van der Waals surface area contributed by atoms with Crippen LogP contribution in [0.3, 0.4) is 0 Å². The predicted octanol–water partition coefficient (Wildman–Crippen LogP) is 8.51. The molecule has 1 amide bonds. The standard InChI is InChI=1S/C22H31NO2.C9H12.C2H6/c1-7-19-9-8-10-20(14-19)16(4)12-17(5)23-22(25)21(11-15(2)3)13-18(6)24;1-3-9-6-4-8(2)5-7-9;1-2/h8-10,12,14-15,21H,5,7,11,13H2,1-4,6H3,(H,23,25);4-7H,3H2,1-2H3;1-2H3/b16-12+;;. The van der Waals surface area contributed by atoms with E-state index in [9.17, 15) is 9.59 Å². The second-order valence-corrected chi connectivity index (χ2v) is 9.47. The SMILES string of the molecule is C=C(/C=C(\C)c1cccc(CC)c1)NC(=O)C(CC(C)=O)CC(C)C.CC.CCc1ccc(C)cc1. The van der Waals surface area contributed by atoms with Crippen molar-refractivity contribution >= 4 is 17.3 Å². The van der Waals surface area contributed by atoms with Crippen molar-refractivity contribution in [1.82, 2.24) is 5.32 Å². The van der Waals surface area contributed by atoms with Crippen LogP contribution in [0.2, 0.25) is 0 Å². The lowest BCUT2D eigenvalue weighted by Gasteiger charge is -2.18. The molecule has 2 aromatic rings. The van der Waals surface area contributed by atoms with Crippen LogP contribution in [0.15, 0.2) is 66.9 Å². The van der Waals surface area contributed by atoms with Crippen molar-refractivity contribution in [2.45, 2.75) is 88.0 Å². The number of hydrogen-bond donors (Lipinski definition) is 1. The minimum atomic E-state index is -0.300. The molecule has 0 saturated heterocycles. The second-order valence-electron chi connectivity index (χ2n) is 9.47. The molecule has 0 radical (unpaired) electrons. The van der Waals surface area contributed by atoms with E-state index >= 15 is 0 Å². The van der Waals surface area contributed by atoms with Crippen LogP contribution < -0.4 is 5.32 Å². The quantitative estimate of drug-likeness (QED) is 0.339. The van der Waals surface area contributed by atoms with Gasteiger partial charge in [0.1, 0.15) is 5.78 Å². The molecule has 0 aliphatic carbocycles. The Hall–Kier alpha value is -2.94. The minimum Gasteiger partial charge on any atom is -0.326 e. The molecule has 2 aromatic carbocycles. The van der Waals surface area contributed by atoms with Crippen LogP contribution in [0, 0.1) is 18.8 Å². The maximum atomic E-state index is 12.5. The van der Waals surface area contributed by atoms with Gasteiger partial charge in [0.15, 0.2) is 0 Å². The molecule has 1 unspecified atom stereocenters. The first-order valence-electron chi connectivity index (χ1n) is 13.4. The molecule has 3 heteroatoms. The van der Waals surface area contributed by atoms with E-state index < -0.39 is 0 Å². The highest BCUT2D eigenvalue weighted by Gasteiger charge is 2.21. The highest BCUT2D eigenvalue weighted by molar-refractivity contribution is 5.87. The Bertz CT molecular complexity index is 967. The van der Waals surface area contributed by atoms with Gasteiger partial charge in [-0.2, -0.15) is 0 Å². The lowest BCUT2D eigenvalue weighted by molar-refractivity contribution is -0.128. The van der Waals surface area contributed by atoms with Crippen LogP contribution in [0.1, 0.15) is 90.5 Å². The van der Waals surface area contributed by atoms with Crippen LogP contribution in [0.5, 0.6) is 0 Å². The molecule has 3 nitrogen and oxygen atoms in total. The Morgan fingerprint density at radius 3 is 2.03 bits per heavy atom. The van der Waals surface area contributed by atoms with Gasteiger partial charge < -0.3 is 10.1 Å². The topological polar surface area (TPSA) is 46.2 Å². The number of hydrogen-bond acceptors (Lipinski definition) is 2. The normalized spacial score (nSPS) is 11.4. The molecule has 0 saturated carbocycles. The van der Waals surface area contributed by atoms with Crippen molar-refractivity contribution in [1.29, 1.82) is 0 Å². The number of benzene rings is 2. The number of allylic oxidation sites excluding steroid dienone is 2. The number of aryl methyl sites for hydroxylation is 3. The Morgan fingerprint density at radius 2 is 1.53 bits per heavy atom. The third-order valence-corrected chi connectivity index (χ3v) is 5.65. The van der Waals surface area contributed by atoms with Gasteiger partial charge in [-0.1, -0.05) is 102 Å². The highest BCUT2D eigenvalue weighted by Crippen LogP contribution is 2.19. The second kappa shape index (κ2) is 18.3. The molecule has 0 spiro atoms. The molecule has 0 heterocycles. The fraction of sp³-hybridized carbons (Fsp3) is 0.455. The molecule has 1 atom stereocenters. The van der Waals surface area contributed by atoms with E-state index in [0.29, 0.717) is 18.0 Å². The van der Waals surface area contributed by atoms with Gasteiger partial charge in [-0.05, 0) is 74.3 Å². The summed E-state index contributed by atoms with van der Waals surface area (Å²) in [6, 6.07) is 17.0. The summed E-state index contributed by atoms with van der Waals surface area (Å²) in [6.07, 6.45) is 4.98. The Kier molecular flexibility index (Phi) is 16.8. The van der Waals surface area contributed by atoms with E-state index in [1.54, 1.807) is 0 Å². The maximum absolute atomic E-state index is 12.5. The smallest absolute Gasteiger partial charge is 0.227 e. The van der Waals surface area contributed by atoms with Crippen LogP contribution in [-0.4, -0.2) is 11.7 Å². The molecule has 0 aliphatic heterocycles. The van der Waals surface area contributed by atoms with E-state index in [4.69, 9.17) is 0 Å². The van der Waals surface area contributed by atoms with Gasteiger partial charge in [0.25, 0.3) is 0 Å². The van der Waals surface area contributed by atoms with Crippen LogP contribution in [0.4, 0.5) is 0 Å². The fourth-order valence-corrected chi connectivity index (χ4v) is 3.70. The molecular weight excluding hydrogens is 442 g/mol. The summed E-state index contributed by atoms with van der Waals surface area (Å²) in [5.41, 5.74) is 6.76. The fourth-order valence-electron chi connectivity index (χ4n) is 3.70. The van der Waals surface area contributed by atoms with Gasteiger partial charge >= 0.3 is 0 Å². The Morgan fingerprint density at radius 1 is 0.944 bits per heavy atom. The largest absolute Gasteiger partial charge is 0.326 e. The van der Waals surface area contributed by atoms with Crippen molar-refractivity contribution in [2.75, 3.05) is 0 Å². The number of carbonyl (C=O) groups excluding carboxylic acids is 2. The maximum Gasteiger partial charge on any atom is 0.227 e. The van der Waals surface area contributed by atoms with Crippen molar-refractivity contribution < 1.29 is 9.59 Å². The first-order chi connectivity index (χ1) is 17.0. The van der Waals surface area contributed by atoms with Crippen molar-refractivity contribution in [3.05, 3.63) is 89.1 Å². The molecule has 0 bridgehead atoms. The third-order valence-electron chi connectivity index (χ3n) is 5.65. The number of carbonyl (C=O) groups is 2. The number of amides is 1. The van der Waals surface area contributed by atoms with Crippen LogP contribution in [-0.2, 0) is 22.4 Å². The Balaban J connectivity index is 0.000000922. The Labute approximate surface area is 221 Å². The van der Waals surface area contributed by atoms with Gasteiger partial charge in [0.05, 0.1) is 0 Å². The van der Waals surface area contributed by atoms with E-state index in [-0.39, 0.29) is 24.0 Å². The van der Waals surface area contributed by atoms with E-state index in [2.05, 4.69) is 89.0 Å². The molecule has 198 valence electrons. The molecule has 36 heavy (non-hydrogen) atoms. The van der Waals surface area contributed by atoms with Crippen molar-refractivity contribution in [3.8, 4) is 0 Å². The summed E-state index contributed by atoms with van der Waals surface area (Å²) >= 11 is 0. The van der Waals surface area contributed by atoms with Crippen LogP contribution >= 0.6 is 0 Å². The van der Waals surface area contributed by atoms with Gasteiger partial charge in [0.2, 0.25) is 5.91 Å². The summed E-state index contributed by atoms with van der Waals surface area (Å²) < 4.78 is 0. The monoisotopic (exact) mass is 491 g/mol.